The van der Waals surface area contributed by atoms with Gasteiger partial charge in [-0.1, -0.05) is 23.7 Å². The van der Waals surface area contributed by atoms with E-state index >= 15 is 0 Å². The molecule has 1 heterocycles. The van der Waals surface area contributed by atoms with E-state index in [9.17, 15) is 4.79 Å². The molecule has 138 valence electrons. The normalized spacial score (nSPS) is 15.5. The number of anilines is 2. The van der Waals surface area contributed by atoms with Gasteiger partial charge < -0.3 is 15.0 Å². The number of benzene rings is 2. The Labute approximate surface area is 163 Å². The highest BCUT2D eigenvalue weighted by atomic mass is 35.5. The highest BCUT2D eigenvalue weighted by Crippen LogP contribution is 2.22. The third kappa shape index (κ3) is 5.40. The first-order valence-corrected chi connectivity index (χ1v) is 10.1. The third-order valence-corrected chi connectivity index (χ3v) is 5.76. The monoisotopic (exact) mass is 390 g/mol. The van der Waals surface area contributed by atoms with Gasteiger partial charge in [0.25, 0.3) is 0 Å². The molecule has 1 unspecified atom stereocenters. The molecule has 1 aliphatic heterocycles. The summed E-state index contributed by atoms with van der Waals surface area (Å²) in [5, 5.41) is 3.59. The molecule has 1 aliphatic rings. The predicted molar refractivity (Wildman–Crippen MR) is 110 cm³/mol. The van der Waals surface area contributed by atoms with Crippen LogP contribution in [0.2, 0.25) is 5.02 Å². The molecule has 6 heteroatoms. The van der Waals surface area contributed by atoms with Gasteiger partial charge in [-0.25, -0.2) is 0 Å². The number of thioether (sulfide) groups is 1. The molecule has 0 aliphatic carbocycles. The SMILES string of the molecule is CC(SCc1ccc(Cl)cc1)C(=O)Nc1ccc(N2CCOCC2)cc1. The van der Waals surface area contributed by atoms with E-state index in [-0.39, 0.29) is 11.2 Å². The molecule has 1 fully saturated rings. The van der Waals surface area contributed by atoms with Gasteiger partial charge in [0.15, 0.2) is 0 Å². The zero-order chi connectivity index (χ0) is 18.4. The standard InChI is InChI=1S/C20H23ClN2O2S/c1-15(26-14-16-2-4-17(21)5-3-16)20(24)22-18-6-8-19(9-7-18)23-10-12-25-13-11-23/h2-9,15H,10-14H2,1H3,(H,22,24). The number of nitrogens with zero attached hydrogens (tertiary/aromatic N) is 1. The van der Waals surface area contributed by atoms with Crippen molar-refractivity contribution in [2.45, 2.75) is 17.9 Å². The molecule has 0 saturated carbocycles. The molecule has 0 radical (unpaired) electrons. The van der Waals surface area contributed by atoms with E-state index in [0.717, 1.165) is 54.0 Å². The zero-order valence-corrected chi connectivity index (χ0v) is 16.4. The molecule has 1 saturated heterocycles. The minimum atomic E-state index is -0.135. The number of morpholine rings is 1. The number of rotatable bonds is 6. The van der Waals surface area contributed by atoms with E-state index in [1.54, 1.807) is 11.8 Å². The fourth-order valence-corrected chi connectivity index (χ4v) is 3.67. The number of carbonyl (C=O) groups is 1. The molecule has 2 aromatic carbocycles. The van der Waals surface area contributed by atoms with E-state index in [4.69, 9.17) is 16.3 Å². The van der Waals surface area contributed by atoms with Crippen LogP contribution >= 0.6 is 23.4 Å². The Morgan fingerprint density at radius 1 is 1.15 bits per heavy atom. The molecule has 4 nitrogen and oxygen atoms in total. The third-order valence-electron chi connectivity index (χ3n) is 4.29. The fraction of sp³-hybridized carbons (Fsp3) is 0.350. The Hall–Kier alpha value is -1.69. The smallest absolute Gasteiger partial charge is 0.237 e. The Kier molecular flexibility index (Phi) is 6.83. The Bertz CT molecular complexity index is 716. The van der Waals surface area contributed by atoms with E-state index in [0.29, 0.717) is 0 Å². The van der Waals surface area contributed by atoms with Crippen LogP contribution < -0.4 is 10.2 Å². The zero-order valence-electron chi connectivity index (χ0n) is 14.8. The summed E-state index contributed by atoms with van der Waals surface area (Å²) >= 11 is 7.51. The fourth-order valence-electron chi connectivity index (χ4n) is 2.70. The van der Waals surface area contributed by atoms with Crippen molar-refractivity contribution in [3.63, 3.8) is 0 Å². The van der Waals surface area contributed by atoms with Gasteiger partial charge in [-0.15, -0.1) is 11.8 Å². The van der Waals surface area contributed by atoms with Gasteiger partial charge in [0, 0.05) is 35.2 Å². The molecular weight excluding hydrogens is 368 g/mol. The molecular formula is C20H23ClN2O2S. The van der Waals surface area contributed by atoms with Crippen LogP contribution in [-0.4, -0.2) is 37.5 Å². The predicted octanol–water partition coefficient (Wildman–Crippen LogP) is 4.44. The lowest BCUT2D eigenvalue weighted by Gasteiger charge is -2.28. The maximum absolute atomic E-state index is 12.4. The second kappa shape index (κ2) is 9.31. The Morgan fingerprint density at radius 2 is 1.81 bits per heavy atom. The Morgan fingerprint density at radius 3 is 2.46 bits per heavy atom. The molecule has 0 spiro atoms. The molecule has 3 rings (SSSR count). The molecule has 1 amide bonds. The van der Waals surface area contributed by atoms with Crippen LogP contribution in [0.25, 0.3) is 0 Å². The lowest BCUT2D eigenvalue weighted by atomic mass is 10.2. The van der Waals surface area contributed by atoms with Crippen molar-refractivity contribution in [2.24, 2.45) is 0 Å². The summed E-state index contributed by atoms with van der Waals surface area (Å²) in [5.41, 5.74) is 3.15. The minimum absolute atomic E-state index is 0.0167. The van der Waals surface area contributed by atoms with Gasteiger partial charge in [-0.3, -0.25) is 4.79 Å². The van der Waals surface area contributed by atoms with Crippen LogP contribution in [0.4, 0.5) is 11.4 Å². The second-order valence-electron chi connectivity index (χ2n) is 6.22. The van der Waals surface area contributed by atoms with Crippen molar-refractivity contribution in [1.82, 2.24) is 0 Å². The lowest BCUT2D eigenvalue weighted by molar-refractivity contribution is -0.115. The van der Waals surface area contributed by atoms with Crippen LogP contribution in [-0.2, 0) is 15.3 Å². The van der Waals surface area contributed by atoms with Crippen molar-refractivity contribution >= 4 is 40.6 Å². The Balaban J connectivity index is 1.49. The highest BCUT2D eigenvalue weighted by molar-refractivity contribution is 7.99. The van der Waals surface area contributed by atoms with Gasteiger partial charge in [0.2, 0.25) is 5.91 Å². The average molecular weight is 391 g/mol. The highest BCUT2D eigenvalue weighted by Gasteiger charge is 2.15. The maximum Gasteiger partial charge on any atom is 0.237 e. The molecule has 1 atom stereocenters. The quantitative estimate of drug-likeness (QED) is 0.791. The van der Waals surface area contributed by atoms with E-state index in [1.165, 1.54) is 0 Å². The van der Waals surface area contributed by atoms with Gasteiger partial charge in [0.1, 0.15) is 0 Å². The van der Waals surface area contributed by atoms with Gasteiger partial charge in [-0.2, -0.15) is 0 Å². The van der Waals surface area contributed by atoms with E-state index < -0.39 is 0 Å². The van der Waals surface area contributed by atoms with E-state index in [2.05, 4.69) is 10.2 Å². The summed E-state index contributed by atoms with van der Waals surface area (Å²) in [4.78, 5) is 14.7. The van der Waals surface area contributed by atoms with Crippen molar-refractivity contribution in [3.8, 4) is 0 Å². The lowest BCUT2D eigenvalue weighted by Crippen LogP contribution is -2.36. The summed E-state index contributed by atoms with van der Waals surface area (Å²) in [6.45, 7) is 5.27. The van der Waals surface area contributed by atoms with Crippen molar-refractivity contribution in [3.05, 3.63) is 59.1 Å². The average Bonchev–Trinajstić information content (AvgIpc) is 2.68. The van der Waals surface area contributed by atoms with Crippen molar-refractivity contribution in [2.75, 3.05) is 36.5 Å². The number of ether oxygens (including phenoxy) is 1. The molecule has 0 aromatic heterocycles. The van der Waals surface area contributed by atoms with Crippen molar-refractivity contribution < 1.29 is 9.53 Å². The summed E-state index contributed by atoms with van der Waals surface area (Å²) in [6.07, 6.45) is 0. The van der Waals surface area contributed by atoms with Crippen molar-refractivity contribution in [1.29, 1.82) is 0 Å². The molecule has 26 heavy (non-hydrogen) atoms. The summed E-state index contributed by atoms with van der Waals surface area (Å²) in [6, 6.07) is 15.7. The topological polar surface area (TPSA) is 41.6 Å². The summed E-state index contributed by atoms with van der Waals surface area (Å²) < 4.78 is 5.38. The number of hydrogen-bond donors (Lipinski definition) is 1. The van der Waals surface area contributed by atoms with E-state index in [1.807, 2.05) is 55.5 Å². The number of halogens is 1. The maximum atomic E-state index is 12.4. The number of amides is 1. The molecule has 2 aromatic rings. The summed E-state index contributed by atoms with van der Waals surface area (Å²) in [5.74, 6) is 0.796. The first-order valence-electron chi connectivity index (χ1n) is 8.71. The number of carbonyl (C=O) groups excluding carboxylic acids is 1. The first-order chi connectivity index (χ1) is 12.6. The molecule has 0 bridgehead atoms. The minimum Gasteiger partial charge on any atom is -0.378 e. The van der Waals surface area contributed by atoms with Gasteiger partial charge in [0.05, 0.1) is 18.5 Å². The largest absolute Gasteiger partial charge is 0.378 e. The van der Waals surface area contributed by atoms with Crippen LogP contribution in [0, 0.1) is 0 Å². The van der Waals surface area contributed by atoms with Gasteiger partial charge in [-0.05, 0) is 48.9 Å². The number of hydrogen-bond acceptors (Lipinski definition) is 4. The summed E-state index contributed by atoms with van der Waals surface area (Å²) in [7, 11) is 0. The van der Waals surface area contributed by atoms with Crippen LogP contribution in [0.15, 0.2) is 48.5 Å². The van der Waals surface area contributed by atoms with Gasteiger partial charge >= 0.3 is 0 Å². The first kappa shape index (κ1) is 19.1. The number of nitrogens with one attached hydrogen (secondary N) is 1. The molecule has 1 N–H and O–H groups in total. The second-order valence-corrected chi connectivity index (χ2v) is 7.98. The van der Waals surface area contributed by atoms with Crippen LogP contribution in [0.3, 0.4) is 0 Å². The van der Waals surface area contributed by atoms with Crippen LogP contribution in [0.5, 0.6) is 0 Å². The van der Waals surface area contributed by atoms with Crippen LogP contribution in [0.1, 0.15) is 12.5 Å².